The van der Waals surface area contributed by atoms with Gasteiger partial charge in [-0.1, -0.05) is 6.07 Å². The lowest BCUT2D eigenvalue weighted by Gasteiger charge is -2.15. The van der Waals surface area contributed by atoms with Gasteiger partial charge in [0.15, 0.2) is 11.9 Å². The number of amides is 1. The Bertz CT molecular complexity index is 761. The number of hydrogen-bond acceptors (Lipinski definition) is 4. The van der Waals surface area contributed by atoms with Crippen molar-refractivity contribution in [2.45, 2.75) is 20.0 Å². The molecule has 116 valence electrons. The van der Waals surface area contributed by atoms with Crippen molar-refractivity contribution in [3.05, 3.63) is 59.7 Å². The van der Waals surface area contributed by atoms with Crippen LogP contribution in [-0.4, -0.2) is 17.8 Å². The minimum Gasteiger partial charge on any atom is -0.481 e. The van der Waals surface area contributed by atoms with Crippen LogP contribution in [0.5, 0.6) is 5.75 Å². The van der Waals surface area contributed by atoms with Gasteiger partial charge in [-0.2, -0.15) is 5.26 Å². The van der Waals surface area contributed by atoms with Gasteiger partial charge in [-0.05, 0) is 56.3 Å². The Morgan fingerprint density at radius 2 is 1.87 bits per heavy atom. The molecule has 0 aromatic heterocycles. The fraction of sp³-hybridized carbons (Fsp3) is 0.167. The molecule has 1 amide bonds. The zero-order chi connectivity index (χ0) is 16.8. The van der Waals surface area contributed by atoms with Crippen molar-refractivity contribution in [1.82, 2.24) is 0 Å². The smallest absolute Gasteiger partial charge is 0.265 e. The highest BCUT2D eigenvalue weighted by Gasteiger charge is 2.15. The van der Waals surface area contributed by atoms with Crippen LogP contribution >= 0.6 is 0 Å². The van der Waals surface area contributed by atoms with E-state index in [-0.39, 0.29) is 11.7 Å². The maximum absolute atomic E-state index is 12.1. The maximum atomic E-state index is 12.1. The molecule has 2 rings (SSSR count). The second-order valence-corrected chi connectivity index (χ2v) is 5.02. The maximum Gasteiger partial charge on any atom is 0.265 e. The largest absolute Gasteiger partial charge is 0.481 e. The molecule has 0 radical (unpaired) electrons. The predicted octanol–water partition coefficient (Wildman–Crippen LogP) is 3.17. The predicted molar refractivity (Wildman–Crippen MR) is 86.3 cm³/mol. The molecule has 0 spiro atoms. The van der Waals surface area contributed by atoms with E-state index in [0.29, 0.717) is 22.6 Å². The van der Waals surface area contributed by atoms with E-state index in [1.54, 1.807) is 55.5 Å². The van der Waals surface area contributed by atoms with Gasteiger partial charge in [-0.25, -0.2) is 0 Å². The third-order valence-electron chi connectivity index (χ3n) is 3.20. The summed E-state index contributed by atoms with van der Waals surface area (Å²) in [6.45, 7) is 3.11. The molecule has 5 nitrogen and oxygen atoms in total. The molecule has 23 heavy (non-hydrogen) atoms. The van der Waals surface area contributed by atoms with E-state index in [9.17, 15) is 9.59 Å². The number of rotatable bonds is 5. The Kier molecular flexibility index (Phi) is 5.11. The van der Waals surface area contributed by atoms with E-state index in [1.165, 1.54) is 6.92 Å². The van der Waals surface area contributed by atoms with Crippen LogP contribution in [0.15, 0.2) is 48.5 Å². The molecule has 0 saturated heterocycles. The molecule has 1 N–H and O–H groups in total. The molecular formula is C18H16N2O3. The summed E-state index contributed by atoms with van der Waals surface area (Å²) in [6, 6.07) is 15.3. The van der Waals surface area contributed by atoms with Gasteiger partial charge in [-0.3, -0.25) is 9.59 Å². The lowest BCUT2D eigenvalue weighted by molar-refractivity contribution is -0.122. The molecule has 0 aliphatic carbocycles. The van der Waals surface area contributed by atoms with Crippen molar-refractivity contribution < 1.29 is 14.3 Å². The van der Waals surface area contributed by atoms with E-state index in [0.717, 1.165) is 0 Å². The highest BCUT2D eigenvalue weighted by Crippen LogP contribution is 2.16. The average molecular weight is 308 g/mol. The Balaban J connectivity index is 1.99. The Hall–Kier alpha value is -3.13. The molecule has 0 heterocycles. The van der Waals surface area contributed by atoms with Crippen molar-refractivity contribution in [2.75, 3.05) is 5.32 Å². The fourth-order valence-corrected chi connectivity index (χ4v) is 1.94. The molecule has 0 fully saturated rings. The number of hydrogen-bond donors (Lipinski definition) is 1. The van der Waals surface area contributed by atoms with Gasteiger partial charge in [0.1, 0.15) is 5.75 Å². The van der Waals surface area contributed by atoms with Crippen molar-refractivity contribution in [2.24, 2.45) is 0 Å². The van der Waals surface area contributed by atoms with Crippen molar-refractivity contribution in [3.8, 4) is 11.8 Å². The first-order chi connectivity index (χ1) is 11.0. The summed E-state index contributed by atoms with van der Waals surface area (Å²) in [5.41, 5.74) is 1.59. The van der Waals surface area contributed by atoms with Crippen molar-refractivity contribution in [3.63, 3.8) is 0 Å². The van der Waals surface area contributed by atoms with Crippen molar-refractivity contribution >= 4 is 17.4 Å². The molecule has 0 bridgehead atoms. The average Bonchev–Trinajstić information content (AvgIpc) is 2.55. The normalized spacial score (nSPS) is 11.2. The summed E-state index contributed by atoms with van der Waals surface area (Å²) < 4.78 is 5.55. The molecule has 0 saturated carbocycles. The van der Waals surface area contributed by atoms with Gasteiger partial charge in [-0.15, -0.1) is 0 Å². The van der Waals surface area contributed by atoms with Gasteiger partial charge in [0.05, 0.1) is 11.6 Å². The number of benzene rings is 2. The minimum atomic E-state index is -0.719. The standard InChI is InChI=1S/C18H16N2O3/c1-12(21)15-6-8-17(9-7-15)23-13(2)18(22)20-16-5-3-4-14(10-16)11-19/h3-10,13H,1-2H3,(H,20,22)/t13-/m0/s1. The third-order valence-corrected chi connectivity index (χ3v) is 3.20. The SMILES string of the molecule is CC(=O)c1ccc(O[C@@H](C)C(=O)Nc2cccc(C#N)c2)cc1. The van der Waals surface area contributed by atoms with Gasteiger partial charge in [0, 0.05) is 11.3 Å². The van der Waals surface area contributed by atoms with E-state index in [1.807, 2.05) is 6.07 Å². The first-order valence-electron chi connectivity index (χ1n) is 7.08. The topological polar surface area (TPSA) is 79.2 Å². The first kappa shape index (κ1) is 16.2. The van der Waals surface area contributed by atoms with E-state index >= 15 is 0 Å². The van der Waals surface area contributed by atoms with Crippen LogP contribution in [-0.2, 0) is 4.79 Å². The summed E-state index contributed by atoms with van der Waals surface area (Å²) in [6.07, 6.45) is -0.719. The van der Waals surface area contributed by atoms with Crippen LogP contribution in [0.4, 0.5) is 5.69 Å². The molecular weight excluding hydrogens is 292 g/mol. The van der Waals surface area contributed by atoms with Crippen molar-refractivity contribution in [1.29, 1.82) is 5.26 Å². The van der Waals surface area contributed by atoms with E-state index < -0.39 is 6.10 Å². The van der Waals surface area contributed by atoms with Crippen LogP contribution in [0.1, 0.15) is 29.8 Å². The summed E-state index contributed by atoms with van der Waals surface area (Å²) in [7, 11) is 0. The molecule has 0 unspecified atom stereocenters. The summed E-state index contributed by atoms with van der Waals surface area (Å²) in [4.78, 5) is 23.3. The monoisotopic (exact) mass is 308 g/mol. The highest BCUT2D eigenvalue weighted by atomic mass is 16.5. The Morgan fingerprint density at radius 3 is 2.48 bits per heavy atom. The summed E-state index contributed by atoms with van der Waals surface area (Å²) >= 11 is 0. The lowest BCUT2D eigenvalue weighted by Crippen LogP contribution is -2.30. The Labute approximate surface area is 134 Å². The molecule has 1 atom stereocenters. The van der Waals surface area contributed by atoms with Crippen LogP contribution < -0.4 is 10.1 Å². The zero-order valence-electron chi connectivity index (χ0n) is 12.9. The van der Waals surface area contributed by atoms with Gasteiger partial charge < -0.3 is 10.1 Å². The van der Waals surface area contributed by atoms with E-state index in [4.69, 9.17) is 10.00 Å². The number of ether oxygens (including phenoxy) is 1. The zero-order valence-corrected chi connectivity index (χ0v) is 12.9. The second-order valence-electron chi connectivity index (χ2n) is 5.02. The number of carbonyl (C=O) groups excluding carboxylic acids is 2. The van der Waals surface area contributed by atoms with Crippen LogP contribution in [0.25, 0.3) is 0 Å². The molecule has 0 aliphatic heterocycles. The number of nitrogens with one attached hydrogen (secondary N) is 1. The Morgan fingerprint density at radius 1 is 1.17 bits per heavy atom. The number of anilines is 1. The molecule has 0 aliphatic rings. The second kappa shape index (κ2) is 7.23. The summed E-state index contributed by atoms with van der Waals surface area (Å²) in [5, 5.41) is 11.5. The molecule has 5 heteroatoms. The lowest BCUT2D eigenvalue weighted by atomic mass is 10.1. The van der Waals surface area contributed by atoms with Crippen LogP contribution in [0.2, 0.25) is 0 Å². The molecule has 2 aromatic carbocycles. The first-order valence-corrected chi connectivity index (χ1v) is 7.08. The molecule has 2 aromatic rings. The quantitative estimate of drug-likeness (QED) is 0.860. The highest BCUT2D eigenvalue weighted by molar-refractivity contribution is 5.95. The van der Waals surface area contributed by atoms with Crippen LogP contribution in [0.3, 0.4) is 0 Å². The number of nitriles is 1. The van der Waals surface area contributed by atoms with Gasteiger partial charge in [0.2, 0.25) is 0 Å². The number of nitrogens with zero attached hydrogens (tertiary/aromatic N) is 1. The number of carbonyl (C=O) groups is 2. The van der Waals surface area contributed by atoms with Crippen LogP contribution in [0, 0.1) is 11.3 Å². The fourth-order valence-electron chi connectivity index (χ4n) is 1.94. The number of Topliss-reactive ketones (excluding diaryl/α,β-unsaturated/α-hetero) is 1. The number of ketones is 1. The minimum absolute atomic E-state index is 0.0280. The van der Waals surface area contributed by atoms with E-state index in [2.05, 4.69) is 5.32 Å². The third kappa shape index (κ3) is 4.42. The van der Waals surface area contributed by atoms with Gasteiger partial charge >= 0.3 is 0 Å². The van der Waals surface area contributed by atoms with Gasteiger partial charge in [0.25, 0.3) is 5.91 Å². The summed E-state index contributed by atoms with van der Waals surface area (Å²) in [5.74, 6) is 0.152.